The lowest BCUT2D eigenvalue weighted by Gasteiger charge is -2.39. The number of carbonyl (C=O) groups is 4. The minimum Gasteiger partial charge on any atom is -0.458 e. The molecule has 1 saturated carbocycles. The molecule has 0 aliphatic heterocycles. The van der Waals surface area contributed by atoms with Crippen molar-refractivity contribution in [2.24, 2.45) is 5.41 Å². The van der Waals surface area contributed by atoms with Gasteiger partial charge in [-0.05, 0) is 94.7 Å². The molecule has 0 spiro atoms. The normalized spacial score (nSPS) is 15.0. The van der Waals surface area contributed by atoms with Gasteiger partial charge in [0.2, 0.25) is 11.8 Å². The average molecular weight is 1000 g/mol. The predicted molar refractivity (Wildman–Crippen MR) is 293 cm³/mol. The maximum Gasteiger partial charge on any atom is 0.408 e. The second-order valence-corrected chi connectivity index (χ2v) is 23.0. The number of hydrogen-bond donors (Lipinski definition) is 3. The van der Waals surface area contributed by atoms with E-state index in [0.717, 1.165) is 46.2 Å². The molecule has 72 heavy (non-hydrogen) atoms. The number of carbonyl (C=O) groups excluding carboxylic acids is 4. The summed E-state index contributed by atoms with van der Waals surface area (Å²) in [7, 11) is 0. The van der Waals surface area contributed by atoms with E-state index in [1.54, 1.807) is 44.3 Å². The second kappa shape index (κ2) is 23.5. The lowest BCUT2D eigenvalue weighted by Crippen LogP contribution is -2.59. The van der Waals surface area contributed by atoms with Crippen molar-refractivity contribution in [2.75, 3.05) is 11.5 Å². The molecule has 9 nitrogen and oxygen atoms in total. The van der Waals surface area contributed by atoms with Crippen LogP contribution in [-0.2, 0) is 33.4 Å². The first-order valence-corrected chi connectivity index (χ1v) is 26.9. The van der Waals surface area contributed by atoms with Crippen molar-refractivity contribution >= 4 is 47.4 Å². The summed E-state index contributed by atoms with van der Waals surface area (Å²) in [6.07, 6.45) is 1.73. The fraction of sp³-hybridized carbons (Fsp3) is 0.344. The third-order valence-corrected chi connectivity index (χ3v) is 16.4. The van der Waals surface area contributed by atoms with Crippen LogP contribution in [0.3, 0.4) is 0 Å². The lowest BCUT2D eigenvalue weighted by molar-refractivity contribution is -0.159. The van der Waals surface area contributed by atoms with Gasteiger partial charge in [-0.1, -0.05) is 195 Å². The SMILES string of the molecule is CC(NC(=O)C(CSC(c1ccccc1)(c1ccccc1)c1ccccc1)NC(=O)OC(C)(C)C)C1(C(=O)N[C@@H](CSC(c2ccccc2)(c2ccccc2)c2ccccc2)C(=O)OC(C)(C)C)CCCC1. The van der Waals surface area contributed by atoms with Crippen LogP contribution in [-0.4, -0.2) is 64.7 Å². The Balaban J connectivity index is 1.21. The van der Waals surface area contributed by atoms with Crippen LogP contribution in [0.5, 0.6) is 0 Å². The molecule has 11 heteroatoms. The first-order chi connectivity index (χ1) is 34.5. The molecule has 0 aromatic heterocycles. The molecule has 0 heterocycles. The van der Waals surface area contributed by atoms with Gasteiger partial charge in [0.15, 0.2) is 0 Å². The van der Waals surface area contributed by atoms with Crippen LogP contribution in [0.2, 0.25) is 0 Å². The predicted octanol–water partition coefficient (Wildman–Crippen LogP) is 12.2. The summed E-state index contributed by atoms with van der Waals surface area (Å²) in [5, 5.41) is 9.35. The molecule has 3 N–H and O–H groups in total. The second-order valence-electron chi connectivity index (χ2n) is 20.5. The molecule has 0 bridgehead atoms. The van der Waals surface area contributed by atoms with Gasteiger partial charge in [0.05, 0.1) is 14.9 Å². The molecule has 1 fully saturated rings. The molecule has 6 aromatic rings. The number of benzene rings is 6. The molecule has 2 unspecified atom stereocenters. The summed E-state index contributed by atoms with van der Waals surface area (Å²) in [6.45, 7) is 12.6. The Morgan fingerprint density at radius 2 is 0.792 bits per heavy atom. The number of rotatable bonds is 19. The molecule has 0 radical (unpaired) electrons. The summed E-state index contributed by atoms with van der Waals surface area (Å²) in [6, 6.07) is 58.3. The molecule has 7 rings (SSSR count). The largest absolute Gasteiger partial charge is 0.458 e. The summed E-state index contributed by atoms with van der Waals surface area (Å²) in [5.41, 5.74) is 3.33. The number of nitrogens with one attached hydrogen (secondary N) is 3. The van der Waals surface area contributed by atoms with E-state index in [1.165, 1.54) is 0 Å². The molecule has 376 valence electrons. The number of alkyl carbamates (subject to hydrolysis) is 1. The Morgan fingerprint density at radius 3 is 1.11 bits per heavy atom. The van der Waals surface area contributed by atoms with Crippen LogP contribution in [0.15, 0.2) is 182 Å². The number of hydrogen-bond acceptors (Lipinski definition) is 8. The van der Waals surface area contributed by atoms with E-state index < -0.39 is 62.2 Å². The van der Waals surface area contributed by atoms with Gasteiger partial charge in [-0.2, -0.15) is 0 Å². The highest BCUT2D eigenvalue weighted by Crippen LogP contribution is 2.50. The third-order valence-electron chi connectivity index (χ3n) is 13.2. The Labute approximate surface area is 435 Å². The number of ether oxygens (including phenoxy) is 2. The highest BCUT2D eigenvalue weighted by atomic mass is 32.2. The van der Waals surface area contributed by atoms with Crippen LogP contribution in [0.25, 0.3) is 0 Å². The lowest BCUT2D eigenvalue weighted by atomic mass is 9.78. The molecule has 3 atom stereocenters. The van der Waals surface area contributed by atoms with Crippen molar-refractivity contribution < 1.29 is 28.7 Å². The topological polar surface area (TPSA) is 123 Å². The van der Waals surface area contributed by atoms with Crippen molar-refractivity contribution in [2.45, 2.75) is 113 Å². The van der Waals surface area contributed by atoms with Crippen molar-refractivity contribution in [1.82, 2.24) is 16.0 Å². The van der Waals surface area contributed by atoms with Crippen LogP contribution in [0, 0.1) is 5.41 Å². The fourth-order valence-electron chi connectivity index (χ4n) is 9.74. The Bertz CT molecular complexity index is 2500. The molecule has 1 aliphatic rings. The highest BCUT2D eigenvalue weighted by Gasteiger charge is 2.49. The Morgan fingerprint density at radius 1 is 0.472 bits per heavy atom. The quantitative estimate of drug-likeness (QED) is 0.0542. The van der Waals surface area contributed by atoms with E-state index in [2.05, 4.69) is 88.7 Å². The van der Waals surface area contributed by atoms with Gasteiger partial charge in [-0.15, -0.1) is 23.5 Å². The number of amides is 3. The summed E-state index contributed by atoms with van der Waals surface area (Å²) in [5.74, 6) is -1.04. The smallest absolute Gasteiger partial charge is 0.408 e. The van der Waals surface area contributed by atoms with Gasteiger partial charge >= 0.3 is 12.1 Å². The van der Waals surface area contributed by atoms with Crippen LogP contribution in [0.1, 0.15) is 108 Å². The van der Waals surface area contributed by atoms with E-state index in [9.17, 15) is 9.59 Å². The molecule has 3 amide bonds. The standard InChI is InChI=1S/C61H69N3O6S2/c1-44(62-53(65)51(64-56(68)70-58(5,6)7)42-71-60(45-28-14-8-15-29-45,46-30-16-9-17-31-46)47-32-18-10-19-33-47)59(40-26-27-41-59)55(67)63-52(54(66)69-57(2,3)4)43-72-61(48-34-20-11-21-35-48,49-36-22-12-23-37-49)50-38-24-13-25-39-50/h8-25,28-39,44,51-52H,26-27,40-43H2,1-7H3,(H,62,65)(H,63,67)(H,64,68)/t44?,51?,52-/m0/s1. The molecule has 1 aliphatic carbocycles. The van der Waals surface area contributed by atoms with Crippen molar-refractivity contribution in [3.63, 3.8) is 0 Å². The summed E-state index contributed by atoms with van der Waals surface area (Å²) < 4.78 is 10.3. The zero-order valence-corrected chi connectivity index (χ0v) is 44.2. The maximum atomic E-state index is 15.3. The third kappa shape index (κ3) is 12.6. The zero-order valence-electron chi connectivity index (χ0n) is 42.6. The molecule has 0 saturated heterocycles. The fourth-order valence-corrected chi connectivity index (χ4v) is 12.8. The van der Waals surface area contributed by atoms with Gasteiger partial charge in [0, 0.05) is 17.5 Å². The van der Waals surface area contributed by atoms with Crippen LogP contribution >= 0.6 is 23.5 Å². The van der Waals surface area contributed by atoms with Gasteiger partial charge in [-0.3, -0.25) is 9.59 Å². The number of esters is 1. The van der Waals surface area contributed by atoms with Crippen molar-refractivity contribution in [1.29, 1.82) is 0 Å². The Hall–Kier alpha value is -6.30. The molecule has 6 aromatic carbocycles. The van der Waals surface area contributed by atoms with Crippen LogP contribution < -0.4 is 16.0 Å². The minimum absolute atomic E-state index is 0.139. The van der Waals surface area contributed by atoms with Crippen LogP contribution in [0.4, 0.5) is 4.79 Å². The highest BCUT2D eigenvalue weighted by molar-refractivity contribution is 8.01. The van der Waals surface area contributed by atoms with E-state index in [-0.39, 0.29) is 17.4 Å². The molecular weight excluding hydrogens is 935 g/mol. The number of thioether (sulfide) groups is 2. The average Bonchev–Trinajstić information content (AvgIpc) is 3.89. The molecular formula is C61H69N3O6S2. The van der Waals surface area contributed by atoms with Gasteiger partial charge in [-0.25, -0.2) is 9.59 Å². The zero-order chi connectivity index (χ0) is 51.4. The van der Waals surface area contributed by atoms with Gasteiger partial charge in [0.25, 0.3) is 0 Å². The van der Waals surface area contributed by atoms with E-state index in [0.29, 0.717) is 12.8 Å². The first kappa shape index (κ1) is 53.5. The summed E-state index contributed by atoms with van der Waals surface area (Å²) in [4.78, 5) is 58.4. The van der Waals surface area contributed by atoms with Gasteiger partial charge < -0.3 is 25.4 Å². The Kier molecular flexibility index (Phi) is 17.5. The van der Waals surface area contributed by atoms with E-state index in [4.69, 9.17) is 9.47 Å². The van der Waals surface area contributed by atoms with Crippen molar-refractivity contribution in [3.05, 3.63) is 215 Å². The van der Waals surface area contributed by atoms with Gasteiger partial charge in [0.1, 0.15) is 23.3 Å². The van der Waals surface area contributed by atoms with E-state index >= 15 is 9.59 Å². The maximum absolute atomic E-state index is 15.3. The summed E-state index contributed by atoms with van der Waals surface area (Å²) >= 11 is 3.11. The monoisotopic (exact) mass is 1000 g/mol. The first-order valence-electron chi connectivity index (χ1n) is 24.9. The van der Waals surface area contributed by atoms with Crippen molar-refractivity contribution in [3.8, 4) is 0 Å². The van der Waals surface area contributed by atoms with E-state index in [1.807, 2.05) is 137 Å². The minimum atomic E-state index is -1.09.